The molecule has 0 spiro atoms. The van der Waals surface area contributed by atoms with Gasteiger partial charge in [-0.3, -0.25) is 4.79 Å². The second-order valence-corrected chi connectivity index (χ2v) is 6.75. The summed E-state index contributed by atoms with van der Waals surface area (Å²) in [4.78, 5) is 18.4. The minimum Gasteiger partial charge on any atom is -0.451 e. The number of furan rings is 1. The molecule has 27 heavy (non-hydrogen) atoms. The summed E-state index contributed by atoms with van der Waals surface area (Å²) in [5.74, 6) is 0.107. The Kier molecular flexibility index (Phi) is 4.41. The average molecular weight is 381 g/mol. The summed E-state index contributed by atoms with van der Waals surface area (Å²) in [6, 6.07) is 14.7. The van der Waals surface area contributed by atoms with Crippen LogP contribution in [0, 0.1) is 0 Å². The smallest absolute Gasteiger partial charge is 0.289 e. The van der Waals surface area contributed by atoms with Crippen molar-refractivity contribution >= 4 is 28.5 Å². The SMILES string of the molecule is CC(c1ccc(-n2cncn2)cc1)N(C)C(=O)c1cc2cc(Cl)ccc2o1. The lowest BCUT2D eigenvalue weighted by atomic mass is 10.1. The predicted octanol–water partition coefficient (Wildman–Crippen LogP) is 4.50. The molecule has 0 aliphatic rings. The van der Waals surface area contributed by atoms with Gasteiger partial charge in [0.2, 0.25) is 0 Å². The quantitative estimate of drug-likeness (QED) is 0.523. The minimum absolute atomic E-state index is 0.126. The second-order valence-electron chi connectivity index (χ2n) is 6.32. The summed E-state index contributed by atoms with van der Waals surface area (Å²) in [6.45, 7) is 1.97. The van der Waals surface area contributed by atoms with Gasteiger partial charge in [-0.15, -0.1) is 0 Å². The second kappa shape index (κ2) is 6.89. The van der Waals surface area contributed by atoms with Crippen LogP contribution >= 0.6 is 11.6 Å². The molecule has 0 N–H and O–H groups in total. The first kappa shape index (κ1) is 17.3. The molecule has 0 radical (unpaired) electrons. The highest BCUT2D eigenvalue weighted by Gasteiger charge is 2.22. The molecule has 1 amide bonds. The maximum absolute atomic E-state index is 12.8. The Labute approximate surface area is 161 Å². The summed E-state index contributed by atoms with van der Waals surface area (Å²) >= 11 is 6.00. The molecule has 0 aliphatic heterocycles. The molecule has 4 aromatic rings. The summed E-state index contributed by atoms with van der Waals surface area (Å²) in [7, 11) is 1.76. The Morgan fingerprint density at radius 1 is 1.19 bits per heavy atom. The zero-order chi connectivity index (χ0) is 19.0. The number of hydrogen-bond donors (Lipinski definition) is 0. The van der Waals surface area contributed by atoms with E-state index in [0.29, 0.717) is 16.4 Å². The van der Waals surface area contributed by atoms with Gasteiger partial charge in [0, 0.05) is 17.5 Å². The van der Waals surface area contributed by atoms with Crippen molar-refractivity contribution in [1.82, 2.24) is 19.7 Å². The van der Waals surface area contributed by atoms with E-state index in [1.807, 2.05) is 31.2 Å². The van der Waals surface area contributed by atoms with Crippen LogP contribution in [0.15, 0.2) is 65.6 Å². The third-order valence-electron chi connectivity index (χ3n) is 4.65. The number of carbonyl (C=O) groups excluding carboxylic acids is 1. The fourth-order valence-electron chi connectivity index (χ4n) is 2.94. The Bertz CT molecular complexity index is 1090. The van der Waals surface area contributed by atoms with Gasteiger partial charge in [0.1, 0.15) is 18.2 Å². The van der Waals surface area contributed by atoms with Gasteiger partial charge >= 0.3 is 0 Å². The van der Waals surface area contributed by atoms with Gasteiger partial charge in [0.15, 0.2) is 5.76 Å². The maximum atomic E-state index is 12.8. The lowest BCUT2D eigenvalue weighted by molar-refractivity contribution is 0.0713. The highest BCUT2D eigenvalue weighted by Crippen LogP contribution is 2.26. The Morgan fingerprint density at radius 3 is 2.67 bits per heavy atom. The van der Waals surface area contributed by atoms with E-state index < -0.39 is 0 Å². The molecule has 6 nitrogen and oxygen atoms in total. The molecule has 7 heteroatoms. The topological polar surface area (TPSA) is 64.2 Å². The summed E-state index contributed by atoms with van der Waals surface area (Å²) < 4.78 is 7.38. The van der Waals surface area contributed by atoms with E-state index in [1.165, 1.54) is 6.33 Å². The third kappa shape index (κ3) is 3.31. The van der Waals surface area contributed by atoms with Gasteiger partial charge in [-0.25, -0.2) is 9.67 Å². The largest absolute Gasteiger partial charge is 0.451 e. The van der Waals surface area contributed by atoms with Crippen molar-refractivity contribution in [3.05, 3.63) is 77.5 Å². The fourth-order valence-corrected chi connectivity index (χ4v) is 3.12. The van der Waals surface area contributed by atoms with Crippen LogP contribution in [0.4, 0.5) is 0 Å². The number of rotatable bonds is 4. The lowest BCUT2D eigenvalue weighted by Crippen LogP contribution is -2.29. The number of halogens is 1. The Balaban J connectivity index is 1.55. The zero-order valence-corrected chi connectivity index (χ0v) is 15.6. The van der Waals surface area contributed by atoms with Crippen molar-refractivity contribution in [3.63, 3.8) is 0 Å². The monoisotopic (exact) mass is 380 g/mol. The molecule has 0 aliphatic carbocycles. The minimum atomic E-state index is -0.185. The van der Waals surface area contributed by atoms with Crippen LogP contribution in [0.5, 0.6) is 0 Å². The Morgan fingerprint density at radius 2 is 1.96 bits per heavy atom. The Hall–Kier alpha value is -3.12. The molecule has 0 fully saturated rings. The first-order valence-corrected chi connectivity index (χ1v) is 8.82. The molecule has 1 atom stereocenters. The van der Waals surface area contributed by atoms with Gasteiger partial charge < -0.3 is 9.32 Å². The van der Waals surface area contributed by atoms with Crippen molar-refractivity contribution in [1.29, 1.82) is 0 Å². The van der Waals surface area contributed by atoms with E-state index in [2.05, 4.69) is 10.1 Å². The molecule has 4 rings (SSSR count). The fraction of sp³-hybridized carbons (Fsp3) is 0.150. The van der Waals surface area contributed by atoms with E-state index in [1.54, 1.807) is 47.2 Å². The van der Waals surface area contributed by atoms with Crippen molar-refractivity contribution in [2.45, 2.75) is 13.0 Å². The van der Waals surface area contributed by atoms with Crippen LogP contribution < -0.4 is 0 Å². The standard InChI is InChI=1S/C20H17ClN4O2/c1-13(14-3-6-17(7-4-14)25-12-22-11-23-25)24(2)20(26)19-10-15-9-16(21)5-8-18(15)27-19/h3-13H,1-2H3. The van der Waals surface area contributed by atoms with Gasteiger partial charge in [-0.05, 0) is 48.9 Å². The number of benzene rings is 2. The number of hydrogen-bond acceptors (Lipinski definition) is 4. The molecule has 2 heterocycles. The molecule has 0 bridgehead atoms. The summed E-state index contributed by atoms with van der Waals surface area (Å²) in [5.41, 5.74) is 2.56. The van der Waals surface area contributed by atoms with E-state index in [4.69, 9.17) is 16.0 Å². The average Bonchev–Trinajstić information content (AvgIpc) is 3.36. The lowest BCUT2D eigenvalue weighted by Gasteiger charge is -2.24. The molecule has 136 valence electrons. The number of fused-ring (bicyclic) bond motifs is 1. The normalized spacial score (nSPS) is 12.3. The van der Waals surface area contributed by atoms with Crippen LogP contribution in [-0.2, 0) is 0 Å². The van der Waals surface area contributed by atoms with Crippen LogP contribution in [0.1, 0.15) is 29.1 Å². The van der Waals surface area contributed by atoms with Crippen molar-refractivity contribution in [2.75, 3.05) is 7.05 Å². The van der Waals surface area contributed by atoms with Crippen LogP contribution in [0.3, 0.4) is 0 Å². The molecular formula is C20H17ClN4O2. The number of carbonyl (C=O) groups is 1. The van der Waals surface area contributed by atoms with Gasteiger partial charge in [0.05, 0.1) is 11.7 Å². The van der Waals surface area contributed by atoms with Gasteiger partial charge in [-0.2, -0.15) is 5.10 Å². The van der Waals surface area contributed by atoms with E-state index in [-0.39, 0.29) is 11.9 Å². The van der Waals surface area contributed by atoms with Crippen LogP contribution in [0.25, 0.3) is 16.7 Å². The summed E-state index contributed by atoms with van der Waals surface area (Å²) in [5, 5.41) is 5.53. The third-order valence-corrected chi connectivity index (χ3v) is 4.88. The van der Waals surface area contributed by atoms with Crippen molar-refractivity contribution in [2.24, 2.45) is 0 Å². The van der Waals surface area contributed by atoms with Crippen molar-refractivity contribution < 1.29 is 9.21 Å². The van der Waals surface area contributed by atoms with Gasteiger partial charge in [0.25, 0.3) is 5.91 Å². The maximum Gasteiger partial charge on any atom is 0.289 e. The molecule has 2 aromatic heterocycles. The van der Waals surface area contributed by atoms with E-state index >= 15 is 0 Å². The van der Waals surface area contributed by atoms with E-state index in [9.17, 15) is 4.79 Å². The first-order chi connectivity index (χ1) is 13.0. The summed E-state index contributed by atoms with van der Waals surface area (Å²) in [6.07, 6.45) is 3.13. The van der Waals surface area contributed by atoms with Crippen LogP contribution in [0.2, 0.25) is 5.02 Å². The molecule has 0 saturated carbocycles. The molecule has 2 aromatic carbocycles. The van der Waals surface area contributed by atoms with E-state index in [0.717, 1.165) is 16.6 Å². The highest BCUT2D eigenvalue weighted by atomic mass is 35.5. The number of nitrogens with zero attached hydrogens (tertiary/aromatic N) is 4. The highest BCUT2D eigenvalue weighted by molar-refractivity contribution is 6.31. The zero-order valence-electron chi connectivity index (χ0n) is 14.8. The number of aromatic nitrogens is 3. The van der Waals surface area contributed by atoms with Gasteiger partial charge in [-0.1, -0.05) is 23.7 Å². The predicted molar refractivity (Wildman–Crippen MR) is 103 cm³/mol. The molecule has 0 saturated heterocycles. The molecular weight excluding hydrogens is 364 g/mol. The van der Waals surface area contributed by atoms with Crippen molar-refractivity contribution in [3.8, 4) is 5.69 Å². The van der Waals surface area contributed by atoms with Crippen LogP contribution in [-0.4, -0.2) is 32.6 Å². The first-order valence-electron chi connectivity index (χ1n) is 8.44. The number of amides is 1. The molecule has 1 unspecified atom stereocenters.